The lowest BCUT2D eigenvalue weighted by atomic mass is 10.3. The molecule has 1 rings (SSSR count). The highest BCUT2D eigenvalue weighted by Crippen LogP contribution is 2.00. The van der Waals surface area contributed by atoms with Crippen molar-refractivity contribution in [3.05, 3.63) is 18.2 Å². The van der Waals surface area contributed by atoms with Crippen molar-refractivity contribution in [3.63, 3.8) is 0 Å². The third-order valence-electron chi connectivity index (χ3n) is 2.03. The van der Waals surface area contributed by atoms with Crippen LogP contribution in [0.15, 0.2) is 12.4 Å². The number of hydrogen-bond donors (Lipinski definition) is 1. The number of aromatic nitrogens is 2. The monoisotopic (exact) mass is 217 g/mol. The van der Waals surface area contributed by atoms with Crippen LogP contribution in [0, 0.1) is 0 Å². The van der Waals surface area contributed by atoms with Gasteiger partial charge in [0.25, 0.3) is 0 Å². The zero-order chi connectivity index (χ0) is 10.6. The van der Waals surface area contributed by atoms with Crippen molar-refractivity contribution in [1.82, 2.24) is 14.5 Å². The molecule has 0 aliphatic rings. The highest BCUT2D eigenvalue weighted by molar-refractivity contribution is 6.18. The van der Waals surface area contributed by atoms with E-state index in [-0.39, 0.29) is 5.88 Å². The molecule has 0 aliphatic carbocycles. The molecule has 0 saturated carbocycles. The number of nitrogens with zero attached hydrogens (tertiary/aromatic N) is 3. The van der Waals surface area contributed by atoms with Gasteiger partial charge in [-0.3, -0.25) is 4.90 Å². The Hall–Kier alpha value is -0.580. The van der Waals surface area contributed by atoms with Crippen LogP contribution < -0.4 is 0 Å². The molecule has 1 atom stereocenters. The van der Waals surface area contributed by atoms with Gasteiger partial charge in [0.1, 0.15) is 5.82 Å². The smallest absolute Gasteiger partial charge is 0.122 e. The first-order valence-electron chi connectivity index (χ1n) is 4.52. The van der Waals surface area contributed by atoms with Crippen LogP contribution in [-0.4, -0.2) is 45.1 Å². The van der Waals surface area contributed by atoms with Gasteiger partial charge in [-0.15, -0.1) is 11.6 Å². The van der Waals surface area contributed by atoms with Crippen molar-refractivity contribution in [2.75, 3.05) is 19.5 Å². The fourth-order valence-corrected chi connectivity index (χ4v) is 1.36. The summed E-state index contributed by atoms with van der Waals surface area (Å²) < 4.78 is 1.96. The molecule has 0 spiro atoms. The lowest BCUT2D eigenvalue weighted by Gasteiger charge is -2.18. The topological polar surface area (TPSA) is 41.3 Å². The van der Waals surface area contributed by atoms with Gasteiger partial charge in [-0.05, 0) is 7.05 Å². The number of halogens is 1. The molecule has 0 amide bonds. The molecule has 4 nitrogen and oxygen atoms in total. The second-order valence-corrected chi connectivity index (χ2v) is 3.77. The predicted octanol–water partition coefficient (Wildman–Crippen LogP) is 0.452. The molecule has 1 aromatic heterocycles. The van der Waals surface area contributed by atoms with Crippen molar-refractivity contribution < 1.29 is 5.11 Å². The summed E-state index contributed by atoms with van der Waals surface area (Å²) in [6.45, 7) is 1.29. The third kappa shape index (κ3) is 3.29. The SMILES string of the molecule is CN(Cc1nccn1C)CC(O)CCl. The number of rotatable bonds is 5. The lowest BCUT2D eigenvalue weighted by Crippen LogP contribution is -2.30. The van der Waals surface area contributed by atoms with Gasteiger partial charge in [0.2, 0.25) is 0 Å². The van der Waals surface area contributed by atoms with Crippen molar-refractivity contribution in [2.24, 2.45) is 7.05 Å². The average Bonchev–Trinajstić information content (AvgIpc) is 2.51. The van der Waals surface area contributed by atoms with E-state index in [9.17, 15) is 5.11 Å². The summed E-state index contributed by atoms with van der Waals surface area (Å²) in [5, 5.41) is 9.33. The number of alkyl halides is 1. The van der Waals surface area contributed by atoms with Crippen LogP contribution in [0.5, 0.6) is 0 Å². The number of likely N-dealkylation sites (N-methyl/N-ethyl adjacent to an activating group) is 1. The zero-order valence-corrected chi connectivity index (χ0v) is 9.28. The van der Waals surface area contributed by atoms with Gasteiger partial charge in [0.15, 0.2) is 0 Å². The van der Waals surface area contributed by atoms with Crippen LogP contribution in [0.3, 0.4) is 0 Å². The van der Waals surface area contributed by atoms with E-state index in [1.54, 1.807) is 6.20 Å². The Morgan fingerprint density at radius 3 is 2.93 bits per heavy atom. The summed E-state index contributed by atoms with van der Waals surface area (Å²) in [6.07, 6.45) is 3.20. The van der Waals surface area contributed by atoms with E-state index in [1.807, 2.05) is 29.8 Å². The second kappa shape index (κ2) is 5.34. The number of aryl methyl sites for hydroxylation is 1. The van der Waals surface area contributed by atoms with Crippen molar-refractivity contribution in [3.8, 4) is 0 Å². The van der Waals surface area contributed by atoms with Gasteiger partial charge in [-0.1, -0.05) is 0 Å². The van der Waals surface area contributed by atoms with E-state index in [0.29, 0.717) is 6.54 Å². The predicted molar refractivity (Wildman–Crippen MR) is 56.3 cm³/mol. The van der Waals surface area contributed by atoms with Crippen LogP contribution in [-0.2, 0) is 13.6 Å². The first-order chi connectivity index (χ1) is 6.63. The molecule has 5 heteroatoms. The zero-order valence-electron chi connectivity index (χ0n) is 8.52. The Bertz CT molecular complexity index is 277. The van der Waals surface area contributed by atoms with Gasteiger partial charge in [0.05, 0.1) is 12.6 Å². The molecule has 0 aromatic carbocycles. The summed E-state index contributed by atoms with van der Waals surface area (Å²) in [7, 11) is 3.89. The third-order valence-corrected chi connectivity index (χ3v) is 2.39. The molecular weight excluding hydrogens is 202 g/mol. The first kappa shape index (κ1) is 11.5. The Kier molecular flexibility index (Phi) is 4.38. The van der Waals surface area contributed by atoms with Crippen molar-refractivity contribution >= 4 is 11.6 Å². The molecule has 0 aliphatic heterocycles. The Labute approximate surface area is 89.1 Å². The molecule has 14 heavy (non-hydrogen) atoms. The molecule has 1 heterocycles. The second-order valence-electron chi connectivity index (χ2n) is 3.46. The number of aliphatic hydroxyl groups is 1. The highest BCUT2D eigenvalue weighted by atomic mass is 35.5. The fraction of sp³-hybridized carbons (Fsp3) is 0.667. The molecule has 1 N–H and O–H groups in total. The van der Waals surface area contributed by atoms with E-state index in [2.05, 4.69) is 4.98 Å². The molecule has 0 saturated heterocycles. The molecule has 1 unspecified atom stereocenters. The summed E-state index contributed by atoms with van der Waals surface area (Å²) in [5.74, 6) is 1.25. The van der Waals surface area contributed by atoms with Crippen LogP contribution in [0.25, 0.3) is 0 Å². The Morgan fingerprint density at radius 2 is 2.43 bits per heavy atom. The van der Waals surface area contributed by atoms with Crippen molar-refractivity contribution in [1.29, 1.82) is 0 Å². The highest BCUT2D eigenvalue weighted by Gasteiger charge is 2.09. The van der Waals surface area contributed by atoms with Gasteiger partial charge in [-0.2, -0.15) is 0 Å². The molecule has 80 valence electrons. The van der Waals surface area contributed by atoms with E-state index in [1.165, 1.54) is 0 Å². The molecule has 0 radical (unpaired) electrons. The normalized spacial score (nSPS) is 13.5. The van der Waals surface area contributed by atoms with Gasteiger partial charge >= 0.3 is 0 Å². The van der Waals surface area contributed by atoms with E-state index in [0.717, 1.165) is 12.4 Å². The first-order valence-corrected chi connectivity index (χ1v) is 5.05. The number of aliphatic hydroxyl groups excluding tert-OH is 1. The quantitative estimate of drug-likeness (QED) is 0.729. The minimum Gasteiger partial charge on any atom is -0.391 e. The van der Waals surface area contributed by atoms with Crippen molar-refractivity contribution in [2.45, 2.75) is 12.6 Å². The maximum Gasteiger partial charge on any atom is 0.122 e. The van der Waals surface area contributed by atoms with E-state index >= 15 is 0 Å². The minimum absolute atomic E-state index is 0.269. The lowest BCUT2D eigenvalue weighted by molar-refractivity contribution is 0.139. The van der Waals surface area contributed by atoms with E-state index in [4.69, 9.17) is 11.6 Å². The molecule has 0 bridgehead atoms. The van der Waals surface area contributed by atoms with E-state index < -0.39 is 6.10 Å². The average molecular weight is 218 g/mol. The summed E-state index contributed by atoms with van der Waals surface area (Å²) in [6, 6.07) is 0. The van der Waals surface area contributed by atoms with Gasteiger partial charge in [0, 0.05) is 31.9 Å². The van der Waals surface area contributed by atoms with Crippen LogP contribution in [0.2, 0.25) is 0 Å². The molecule has 1 aromatic rings. The maximum atomic E-state index is 9.33. The van der Waals surface area contributed by atoms with Crippen LogP contribution in [0.1, 0.15) is 5.82 Å². The fourth-order valence-electron chi connectivity index (χ4n) is 1.26. The minimum atomic E-state index is -0.470. The van der Waals surface area contributed by atoms with Gasteiger partial charge in [-0.25, -0.2) is 4.98 Å². The Morgan fingerprint density at radius 1 is 1.71 bits per heavy atom. The summed E-state index contributed by atoms with van der Waals surface area (Å²) in [5.41, 5.74) is 0. The maximum absolute atomic E-state index is 9.33. The summed E-state index contributed by atoms with van der Waals surface area (Å²) >= 11 is 5.51. The molecular formula is C9H16ClN3O. The summed E-state index contributed by atoms with van der Waals surface area (Å²) in [4.78, 5) is 6.19. The van der Waals surface area contributed by atoms with Gasteiger partial charge < -0.3 is 9.67 Å². The largest absolute Gasteiger partial charge is 0.391 e. The standard InChI is InChI=1S/C9H16ClN3O/c1-12(6-8(14)5-10)7-9-11-3-4-13(9)2/h3-4,8,14H,5-7H2,1-2H3. The van der Waals surface area contributed by atoms with Crippen LogP contribution >= 0.6 is 11.6 Å². The number of imidazole rings is 1. The molecule has 0 fully saturated rings. The number of hydrogen-bond acceptors (Lipinski definition) is 3. The van der Waals surface area contributed by atoms with Crippen LogP contribution in [0.4, 0.5) is 0 Å². The Balaban J connectivity index is 2.41.